The van der Waals surface area contributed by atoms with Gasteiger partial charge >= 0.3 is 5.97 Å². The number of ether oxygens (including phenoxy) is 1. The van der Waals surface area contributed by atoms with Crippen molar-refractivity contribution < 1.29 is 13.9 Å². The lowest BCUT2D eigenvalue weighted by molar-refractivity contribution is -0.140. The second-order valence-electron chi connectivity index (χ2n) is 7.33. The quantitative estimate of drug-likeness (QED) is 0.343. The summed E-state index contributed by atoms with van der Waals surface area (Å²) in [7, 11) is 1.39. The van der Waals surface area contributed by atoms with Crippen LogP contribution in [0.3, 0.4) is 0 Å². The number of halogens is 2. The lowest BCUT2D eigenvalue weighted by Gasteiger charge is -2.25. The molecule has 3 aromatic rings. The van der Waals surface area contributed by atoms with Crippen LogP contribution < -0.4 is 5.32 Å². The molecule has 3 heterocycles. The summed E-state index contributed by atoms with van der Waals surface area (Å²) in [5, 5.41) is 4.90. The van der Waals surface area contributed by atoms with Crippen molar-refractivity contribution in [2.75, 3.05) is 13.7 Å². The highest BCUT2D eigenvalue weighted by Crippen LogP contribution is 2.41. The Morgan fingerprint density at radius 2 is 2.06 bits per heavy atom. The first-order valence-corrected chi connectivity index (χ1v) is 11.2. The summed E-state index contributed by atoms with van der Waals surface area (Å²) in [5.74, 6) is 1.15. The fraction of sp³-hybridized carbons (Fsp3) is 0.261. The third-order valence-electron chi connectivity index (χ3n) is 5.33. The second kappa shape index (κ2) is 9.90. The lowest BCUT2D eigenvalue weighted by Crippen LogP contribution is -2.30. The average Bonchev–Trinajstić information content (AvgIpc) is 3.41. The summed E-state index contributed by atoms with van der Waals surface area (Å²) in [5.41, 5.74) is 1.67. The summed E-state index contributed by atoms with van der Waals surface area (Å²) in [6, 6.07) is 14.5. The molecule has 1 saturated heterocycles. The summed E-state index contributed by atoms with van der Waals surface area (Å²) in [4.78, 5) is 18.1. The molecule has 0 amide bonds. The van der Waals surface area contributed by atoms with Crippen LogP contribution >= 0.6 is 35.4 Å². The van der Waals surface area contributed by atoms with Gasteiger partial charge < -0.3 is 19.4 Å². The first-order valence-electron chi connectivity index (χ1n) is 10.1. The number of carbonyl (C=O) groups excluding carboxylic acids is 1. The van der Waals surface area contributed by atoms with Crippen molar-refractivity contribution in [3.63, 3.8) is 0 Å². The summed E-state index contributed by atoms with van der Waals surface area (Å²) in [6.07, 6.45) is 2.66. The van der Waals surface area contributed by atoms with E-state index in [9.17, 15) is 4.79 Å². The number of aromatic nitrogens is 1. The highest BCUT2D eigenvalue weighted by Gasteiger charge is 2.41. The molecule has 0 spiro atoms. The molecule has 166 valence electrons. The van der Waals surface area contributed by atoms with Crippen LogP contribution in [-0.2, 0) is 9.53 Å². The second-order valence-corrected chi connectivity index (χ2v) is 8.53. The Balaban J connectivity index is 1.65. The van der Waals surface area contributed by atoms with E-state index in [1.807, 2.05) is 41.3 Å². The van der Waals surface area contributed by atoms with E-state index < -0.39 is 0 Å². The monoisotopic (exact) mass is 489 g/mol. The maximum Gasteiger partial charge on any atom is 0.305 e. The van der Waals surface area contributed by atoms with Gasteiger partial charge in [0, 0.05) is 24.7 Å². The molecule has 1 aromatic carbocycles. The normalized spacial score (nSPS) is 18.0. The highest BCUT2D eigenvalue weighted by atomic mass is 35.5. The number of pyridine rings is 1. The Kier molecular flexibility index (Phi) is 6.98. The van der Waals surface area contributed by atoms with Gasteiger partial charge in [-0.1, -0.05) is 29.3 Å². The molecule has 0 aliphatic carbocycles. The number of methoxy groups -OCH3 is 1. The maximum atomic E-state index is 11.6. The third kappa shape index (κ3) is 4.75. The first-order chi connectivity index (χ1) is 15.5. The topological polar surface area (TPSA) is 67.6 Å². The van der Waals surface area contributed by atoms with E-state index in [2.05, 4.69) is 10.3 Å². The number of furan rings is 1. The molecule has 2 atom stereocenters. The Hall–Kier alpha value is -2.61. The zero-order valence-corrected chi connectivity index (χ0v) is 19.6. The fourth-order valence-electron chi connectivity index (χ4n) is 3.77. The van der Waals surface area contributed by atoms with E-state index in [1.54, 1.807) is 18.3 Å². The molecular formula is C23H21Cl2N3O3S. The Morgan fingerprint density at radius 3 is 2.78 bits per heavy atom. The minimum Gasteiger partial charge on any atom is -0.469 e. The predicted molar refractivity (Wildman–Crippen MR) is 128 cm³/mol. The number of nitrogens with one attached hydrogen (secondary N) is 1. The van der Waals surface area contributed by atoms with Crippen molar-refractivity contribution >= 4 is 46.5 Å². The number of hydrogen-bond donors (Lipinski definition) is 1. The highest BCUT2D eigenvalue weighted by molar-refractivity contribution is 7.80. The minimum atomic E-state index is -0.249. The van der Waals surface area contributed by atoms with Gasteiger partial charge in [-0.3, -0.25) is 9.78 Å². The molecule has 1 fully saturated rings. The molecule has 2 aromatic heterocycles. The van der Waals surface area contributed by atoms with Crippen molar-refractivity contribution in [2.45, 2.75) is 24.9 Å². The molecule has 0 radical (unpaired) electrons. The van der Waals surface area contributed by atoms with E-state index in [4.69, 9.17) is 44.6 Å². The number of thiocarbonyl (C=S) groups is 1. The van der Waals surface area contributed by atoms with Crippen molar-refractivity contribution in [1.82, 2.24) is 15.2 Å². The standard InChI is InChI=1S/C23H21Cl2N3O3S/c1-30-20(29)6-4-12-28-22(21(27-23(28)32)17-5-2-3-11-26-17)19-10-9-18(31-19)14-7-8-15(24)16(25)13-14/h2-3,5,7-11,13,21-22H,4,6,12H2,1H3,(H,27,32)/t21-,22-/m0/s1. The minimum absolute atomic E-state index is 0.199. The molecule has 9 heteroatoms. The lowest BCUT2D eigenvalue weighted by atomic mass is 10.0. The molecule has 0 bridgehead atoms. The SMILES string of the molecule is COC(=O)CCCN1C(=S)N[C@@H](c2ccccn2)[C@@H]1c1ccc(-c2ccc(Cl)c(Cl)c2)o1. The van der Waals surface area contributed by atoms with E-state index in [0.29, 0.717) is 40.3 Å². The van der Waals surface area contributed by atoms with Crippen LogP contribution in [-0.4, -0.2) is 34.6 Å². The third-order valence-corrected chi connectivity index (χ3v) is 6.42. The van der Waals surface area contributed by atoms with Crippen molar-refractivity contribution in [1.29, 1.82) is 0 Å². The molecular weight excluding hydrogens is 469 g/mol. The number of hydrogen-bond acceptors (Lipinski definition) is 5. The summed E-state index contributed by atoms with van der Waals surface area (Å²) in [6.45, 7) is 0.567. The molecule has 1 aliphatic rings. The average molecular weight is 490 g/mol. The summed E-state index contributed by atoms with van der Waals surface area (Å²) < 4.78 is 11.0. The van der Waals surface area contributed by atoms with Crippen LogP contribution in [0.25, 0.3) is 11.3 Å². The van der Waals surface area contributed by atoms with E-state index in [0.717, 1.165) is 17.0 Å². The van der Waals surface area contributed by atoms with Gasteiger partial charge in [0.15, 0.2) is 5.11 Å². The Labute approximate surface area is 201 Å². The zero-order valence-electron chi connectivity index (χ0n) is 17.3. The molecule has 1 N–H and O–H groups in total. The van der Waals surface area contributed by atoms with Gasteiger partial charge in [-0.2, -0.15) is 0 Å². The summed E-state index contributed by atoms with van der Waals surface area (Å²) >= 11 is 17.9. The number of esters is 1. The first kappa shape index (κ1) is 22.6. The molecule has 0 unspecified atom stereocenters. The number of nitrogens with zero attached hydrogens (tertiary/aromatic N) is 2. The van der Waals surface area contributed by atoms with Gasteiger partial charge in [0.1, 0.15) is 17.6 Å². The van der Waals surface area contributed by atoms with Gasteiger partial charge in [0.2, 0.25) is 0 Å². The number of benzene rings is 1. The molecule has 0 saturated carbocycles. The van der Waals surface area contributed by atoms with Crippen LogP contribution in [0.4, 0.5) is 0 Å². The van der Waals surface area contributed by atoms with Crippen LogP contribution in [0.1, 0.15) is 36.4 Å². The van der Waals surface area contributed by atoms with Crippen LogP contribution in [0.15, 0.2) is 59.1 Å². The fourth-order valence-corrected chi connectivity index (χ4v) is 4.40. The Morgan fingerprint density at radius 1 is 1.22 bits per heavy atom. The number of carbonyl (C=O) groups is 1. The predicted octanol–water partition coefficient (Wildman–Crippen LogP) is 5.57. The maximum absolute atomic E-state index is 11.6. The van der Waals surface area contributed by atoms with E-state index >= 15 is 0 Å². The number of rotatable bonds is 7. The zero-order chi connectivity index (χ0) is 22.7. The largest absolute Gasteiger partial charge is 0.469 e. The molecule has 4 rings (SSSR count). The van der Waals surface area contributed by atoms with Gasteiger partial charge in [0.25, 0.3) is 0 Å². The molecule has 6 nitrogen and oxygen atoms in total. The van der Waals surface area contributed by atoms with Crippen molar-refractivity contribution in [3.05, 3.63) is 76.2 Å². The van der Waals surface area contributed by atoms with Crippen LogP contribution in [0, 0.1) is 0 Å². The van der Waals surface area contributed by atoms with Crippen molar-refractivity contribution in [3.8, 4) is 11.3 Å². The van der Waals surface area contributed by atoms with Gasteiger partial charge in [-0.25, -0.2) is 0 Å². The van der Waals surface area contributed by atoms with Crippen LogP contribution in [0.5, 0.6) is 0 Å². The van der Waals surface area contributed by atoms with Crippen molar-refractivity contribution in [2.24, 2.45) is 0 Å². The smallest absolute Gasteiger partial charge is 0.305 e. The van der Waals surface area contributed by atoms with Crippen LogP contribution in [0.2, 0.25) is 10.0 Å². The Bertz CT molecular complexity index is 1120. The van der Waals surface area contributed by atoms with E-state index in [1.165, 1.54) is 7.11 Å². The molecule has 1 aliphatic heterocycles. The van der Waals surface area contributed by atoms with E-state index in [-0.39, 0.29) is 18.1 Å². The van der Waals surface area contributed by atoms with Gasteiger partial charge in [0.05, 0.1) is 28.9 Å². The molecule has 32 heavy (non-hydrogen) atoms. The van der Waals surface area contributed by atoms with Gasteiger partial charge in [-0.15, -0.1) is 0 Å². The van der Waals surface area contributed by atoms with Gasteiger partial charge in [-0.05, 0) is 61.1 Å².